The molecule has 18 heavy (non-hydrogen) atoms. The van der Waals surface area contributed by atoms with E-state index in [9.17, 15) is 4.79 Å². The molecule has 2 heterocycles. The zero-order valence-electron chi connectivity index (χ0n) is 8.81. The van der Waals surface area contributed by atoms with Gasteiger partial charge in [-0.15, -0.1) is 11.3 Å². The fraction of sp³-hybridized carbons (Fsp3) is 0. The number of fused-ring (bicyclic) bond motifs is 1. The zero-order chi connectivity index (χ0) is 12.7. The minimum absolute atomic E-state index is 0.311. The quantitative estimate of drug-likeness (QED) is 0.661. The fourth-order valence-corrected chi connectivity index (χ4v) is 3.06. The van der Waals surface area contributed by atoms with Crippen LogP contribution in [0.2, 0.25) is 5.02 Å². The lowest BCUT2D eigenvalue weighted by Gasteiger charge is -1.99. The van der Waals surface area contributed by atoms with E-state index in [1.807, 2.05) is 12.1 Å². The zero-order valence-corrected chi connectivity index (χ0v) is 12.0. The van der Waals surface area contributed by atoms with Gasteiger partial charge in [-0.05, 0) is 46.3 Å². The average Bonchev–Trinajstić information content (AvgIpc) is 2.75. The van der Waals surface area contributed by atoms with Crippen LogP contribution in [0.5, 0.6) is 0 Å². The Morgan fingerprint density at radius 1 is 1.28 bits per heavy atom. The van der Waals surface area contributed by atoms with E-state index in [0.29, 0.717) is 21.8 Å². The molecule has 0 spiro atoms. The number of rotatable bonds is 1. The van der Waals surface area contributed by atoms with Crippen LogP contribution in [0.1, 0.15) is 0 Å². The number of hydrogen-bond acceptors (Lipinski definition) is 4. The number of halogens is 2. The van der Waals surface area contributed by atoms with Gasteiger partial charge < -0.3 is 4.42 Å². The van der Waals surface area contributed by atoms with Crippen molar-refractivity contribution in [2.75, 3.05) is 0 Å². The Bertz CT molecular complexity index is 796. The first-order valence-corrected chi connectivity index (χ1v) is 6.98. The van der Waals surface area contributed by atoms with Crippen molar-refractivity contribution >= 4 is 49.8 Å². The summed E-state index contributed by atoms with van der Waals surface area (Å²) in [6.45, 7) is 0. The molecule has 0 aliphatic heterocycles. The topological polar surface area (TPSA) is 43.1 Å². The van der Waals surface area contributed by atoms with Gasteiger partial charge >= 0.3 is 5.63 Å². The van der Waals surface area contributed by atoms with E-state index in [4.69, 9.17) is 16.0 Å². The van der Waals surface area contributed by atoms with Crippen LogP contribution in [0.3, 0.4) is 0 Å². The van der Waals surface area contributed by atoms with E-state index in [1.165, 1.54) is 11.3 Å². The van der Waals surface area contributed by atoms with Gasteiger partial charge in [0, 0.05) is 5.02 Å². The van der Waals surface area contributed by atoms with E-state index < -0.39 is 5.63 Å². The minimum atomic E-state index is -0.406. The first-order valence-electron chi connectivity index (χ1n) is 4.99. The Morgan fingerprint density at radius 2 is 2.11 bits per heavy atom. The second kappa shape index (κ2) is 4.50. The first-order chi connectivity index (χ1) is 8.63. The van der Waals surface area contributed by atoms with Crippen molar-refractivity contribution < 1.29 is 4.42 Å². The van der Waals surface area contributed by atoms with E-state index >= 15 is 0 Å². The lowest BCUT2D eigenvalue weighted by atomic mass is 10.2. The summed E-state index contributed by atoms with van der Waals surface area (Å²) in [5.41, 5.74) is 0.134. The van der Waals surface area contributed by atoms with Crippen LogP contribution < -0.4 is 5.63 Å². The largest absolute Gasteiger partial charge is 0.402 e. The van der Waals surface area contributed by atoms with Gasteiger partial charge in [0.05, 0.1) is 19.6 Å². The molecule has 0 fully saturated rings. The highest BCUT2D eigenvalue weighted by Crippen LogP contribution is 2.30. The number of benzene rings is 1. The van der Waals surface area contributed by atoms with Crippen LogP contribution in [0.25, 0.3) is 21.7 Å². The van der Waals surface area contributed by atoms with Crippen LogP contribution in [0.4, 0.5) is 0 Å². The second-order valence-corrected chi connectivity index (χ2v) is 6.47. The van der Waals surface area contributed by atoms with Crippen LogP contribution in [-0.4, -0.2) is 4.98 Å². The van der Waals surface area contributed by atoms with Crippen molar-refractivity contribution in [2.24, 2.45) is 0 Å². The molecule has 0 atom stereocenters. The molecule has 1 aromatic carbocycles. The number of hydrogen-bond donors (Lipinski definition) is 0. The van der Waals surface area contributed by atoms with Crippen molar-refractivity contribution in [3.63, 3.8) is 0 Å². The molecule has 90 valence electrons. The summed E-state index contributed by atoms with van der Waals surface area (Å²) < 4.78 is 6.16. The normalized spacial score (nSPS) is 11.0. The maximum absolute atomic E-state index is 11.8. The van der Waals surface area contributed by atoms with Crippen LogP contribution >= 0.6 is 38.9 Å². The number of nitrogens with zero attached hydrogens (tertiary/aromatic N) is 1. The van der Waals surface area contributed by atoms with Gasteiger partial charge in [0.2, 0.25) is 5.89 Å². The highest BCUT2D eigenvalue weighted by molar-refractivity contribution is 9.11. The van der Waals surface area contributed by atoms with Gasteiger partial charge in [-0.2, -0.15) is 0 Å². The summed E-state index contributed by atoms with van der Waals surface area (Å²) in [5, 5.41) is 0.970. The summed E-state index contributed by atoms with van der Waals surface area (Å²) in [6.07, 6.45) is 0. The third-order valence-electron chi connectivity index (χ3n) is 2.38. The molecule has 0 N–H and O–H groups in total. The lowest BCUT2D eigenvalue weighted by Crippen LogP contribution is -2.02. The third kappa shape index (κ3) is 2.09. The monoisotopic (exact) mass is 341 g/mol. The molecule has 0 amide bonds. The molecule has 0 unspecified atom stereocenters. The molecule has 0 aliphatic rings. The van der Waals surface area contributed by atoms with Crippen LogP contribution in [0.15, 0.2) is 43.3 Å². The van der Waals surface area contributed by atoms with Gasteiger partial charge in [0.1, 0.15) is 0 Å². The van der Waals surface area contributed by atoms with Crippen molar-refractivity contribution in [1.29, 1.82) is 0 Å². The van der Waals surface area contributed by atoms with Gasteiger partial charge in [-0.1, -0.05) is 11.6 Å². The first kappa shape index (κ1) is 11.9. The predicted molar refractivity (Wildman–Crippen MR) is 76.3 cm³/mol. The van der Waals surface area contributed by atoms with E-state index in [2.05, 4.69) is 20.9 Å². The molecule has 0 saturated carbocycles. The van der Waals surface area contributed by atoms with Crippen molar-refractivity contribution in [2.45, 2.75) is 0 Å². The second-order valence-electron chi connectivity index (χ2n) is 3.57. The summed E-state index contributed by atoms with van der Waals surface area (Å²) >= 11 is 10.7. The SMILES string of the molecule is O=c1oc(-c2ccc(Br)s2)nc2cc(Cl)ccc12. The molecule has 0 aliphatic carbocycles. The molecule has 2 aromatic heterocycles. The molecule has 0 bridgehead atoms. The highest BCUT2D eigenvalue weighted by atomic mass is 79.9. The van der Waals surface area contributed by atoms with Gasteiger partial charge in [0.15, 0.2) is 0 Å². The fourth-order valence-electron chi connectivity index (χ4n) is 1.58. The molecule has 0 saturated heterocycles. The maximum Gasteiger partial charge on any atom is 0.347 e. The summed E-state index contributed by atoms with van der Waals surface area (Å²) in [6, 6.07) is 8.63. The van der Waals surface area contributed by atoms with E-state index in [0.717, 1.165) is 8.66 Å². The molecule has 3 aromatic rings. The summed E-state index contributed by atoms with van der Waals surface area (Å²) in [7, 11) is 0. The Morgan fingerprint density at radius 3 is 2.83 bits per heavy atom. The van der Waals surface area contributed by atoms with Crippen molar-refractivity contribution in [3.8, 4) is 10.8 Å². The van der Waals surface area contributed by atoms with E-state index in [-0.39, 0.29) is 0 Å². The average molecular weight is 343 g/mol. The molecule has 3 nitrogen and oxygen atoms in total. The molecule has 3 rings (SSSR count). The summed E-state index contributed by atoms with van der Waals surface area (Å²) in [4.78, 5) is 16.9. The van der Waals surface area contributed by atoms with Crippen molar-refractivity contribution in [3.05, 3.63) is 49.6 Å². The lowest BCUT2D eigenvalue weighted by molar-refractivity contribution is 0.520. The Balaban J connectivity index is 2.29. The Hall–Kier alpha value is -1.17. The van der Waals surface area contributed by atoms with E-state index in [1.54, 1.807) is 18.2 Å². The smallest absolute Gasteiger partial charge is 0.347 e. The summed E-state index contributed by atoms with van der Waals surface area (Å²) in [5.74, 6) is 0.311. The van der Waals surface area contributed by atoms with Gasteiger partial charge in [0.25, 0.3) is 0 Å². The van der Waals surface area contributed by atoms with Crippen LogP contribution in [-0.2, 0) is 0 Å². The molecular weight excluding hydrogens is 338 g/mol. The Labute approximate surface area is 119 Å². The van der Waals surface area contributed by atoms with Crippen molar-refractivity contribution in [1.82, 2.24) is 4.98 Å². The number of thiophene rings is 1. The van der Waals surface area contributed by atoms with Crippen LogP contribution in [0, 0.1) is 0 Å². The third-order valence-corrected chi connectivity index (χ3v) is 4.22. The Kier molecular flexibility index (Phi) is 2.97. The molecule has 6 heteroatoms. The minimum Gasteiger partial charge on any atom is -0.402 e. The molecule has 0 radical (unpaired) electrons. The highest BCUT2D eigenvalue weighted by Gasteiger charge is 2.10. The number of aromatic nitrogens is 1. The standard InChI is InChI=1S/C12H5BrClNO2S/c13-10-4-3-9(18-10)11-15-8-5-6(14)1-2-7(8)12(16)17-11/h1-5H. The van der Waals surface area contributed by atoms with Gasteiger partial charge in [-0.25, -0.2) is 9.78 Å². The maximum atomic E-state index is 11.8. The predicted octanol–water partition coefficient (Wildman–Crippen LogP) is 4.33. The van der Waals surface area contributed by atoms with Gasteiger partial charge in [-0.3, -0.25) is 0 Å². The molecular formula is C12H5BrClNO2S.